The summed E-state index contributed by atoms with van der Waals surface area (Å²) in [4.78, 5) is 28.1. The predicted molar refractivity (Wildman–Crippen MR) is 120 cm³/mol. The lowest BCUT2D eigenvalue weighted by atomic mass is 10.1. The summed E-state index contributed by atoms with van der Waals surface area (Å²) in [6.45, 7) is 3.45. The molecule has 0 aliphatic heterocycles. The van der Waals surface area contributed by atoms with Gasteiger partial charge in [0.25, 0.3) is 0 Å². The molecule has 0 radical (unpaired) electrons. The highest BCUT2D eigenvalue weighted by Gasteiger charge is 2.12. The van der Waals surface area contributed by atoms with E-state index >= 15 is 0 Å². The Morgan fingerprint density at radius 3 is 2.94 bits per heavy atom. The summed E-state index contributed by atoms with van der Waals surface area (Å²) in [6, 6.07) is 17.1. The number of nitrogens with one attached hydrogen (secondary N) is 2. The number of aromatic nitrogens is 4. The number of nitrogens with zero attached hydrogens (tertiary/aromatic N) is 3. The molecule has 0 unspecified atom stereocenters. The molecule has 31 heavy (non-hydrogen) atoms. The van der Waals surface area contributed by atoms with E-state index in [1.165, 1.54) is 6.08 Å². The lowest BCUT2D eigenvalue weighted by molar-refractivity contribution is -0.111. The molecular formula is C24H17N5O2. The van der Waals surface area contributed by atoms with Crippen molar-refractivity contribution in [3.05, 3.63) is 85.8 Å². The minimum atomic E-state index is -0.291. The van der Waals surface area contributed by atoms with Crippen molar-refractivity contribution in [3.63, 3.8) is 0 Å². The fourth-order valence-corrected chi connectivity index (χ4v) is 3.34. The molecule has 0 fully saturated rings. The smallest absolute Gasteiger partial charge is 0.247 e. The van der Waals surface area contributed by atoms with Gasteiger partial charge in [-0.05, 0) is 42.0 Å². The van der Waals surface area contributed by atoms with Crippen LogP contribution in [-0.2, 0) is 4.79 Å². The first-order valence-corrected chi connectivity index (χ1v) is 9.60. The lowest BCUT2D eigenvalue weighted by Crippen LogP contribution is -2.07. The highest BCUT2D eigenvalue weighted by molar-refractivity contribution is 5.99. The van der Waals surface area contributed by atoms with Gasteiger partial charge in [0.15, 0.2) is 5.65 Å². The van der Waals surface area contributed by atoms with Gasteiger partial charge in [-0.25, -0.2) is 9.97 Å². The Labute approximate surface area is 177 Å². The number of benzene rings is 2. The summed E-state index contributed by atoms with van der Waals surface area (Å²) < 4.78 is 5.90. The summed E-state index contributed by atoms with van der Waals surface area (Å²) in [5, 5.41) is 3.75. The molecule has 0 aliphatic rings. The van der Waals surface area contributed by atoms with Gasteiger partial charge in [-0.1, -0.05) is 24.8 Å². The number of carbonyl (C=O) groups excluding carboxylic acids is 1. The zero-order valence-corrected chi connectivity index (χ0v) is 16.4. The second-order valence-electron chi connectivity index (χ2n) is 6.84. The monoisotopic (exact) mass is 407 g/mol. The average molecular weight is 407 g/mol. The Morgan fingerprint density at radius 2 is 2.03 bits per heavy atom. The van der Waals surface area contributed by atoms with E-state index in [9.17, 15) is 4.79 Å². The fourth-order valence-electron chi connectivity index (χ4n) is 3.34. The second kappa shape index (κ2) is 7.72. The van der Waals surface area contributed by atoms with Crippen LogP contribution in [0.3, 0.4) is 0 Å². The van der Waals surface area contributed by atoms with Gasteiger partial charge < -0.3 is 15.0 Å². The number of fused-ring (bicyclic) bond motifs is 2. The Bertz CT molecular complexity index is 1440. The third-order valence-electron chi connectivity index (χ3n) is 4.78. The van der Waals surface area contributed by atoms with Crippen LogP contribution in [0.4, 0.5) is 5.69 Å². The maximum Gasteiger partial charge on any atom is 0.247 e. The maximum absolute atomic E-state index is 11.5. The molecule has 0 saturated carbocycles. The Morgan fingerprint density at radius 1 is 1.10 bits per heavy atom. The predicted octanol–water partition coefficient (Wildman–Crippen LogP) is 5.09. The molecule has 3 aromatic heterocycles. The Hall–Kier alpha value is -4.52. The van der Waals surface area contributed by atoms with E-state index in [1.807, 2.05) is 30.5 Å². The highest BCUT2D eigenvalue weighted by Crippen LogP contribution is 2.31. The molecule has 5 rings (SSSR count). The molecule has 5 aromatic rings. The van der Waals surface area contributed by atoms with Crippen LogP contribution in [0, 0.1) is 0 Å². The number of hydrogen-bond donors (Lipinski definition) is 2. The number of ether oxygens (including phenoxy) is 1. The largest absolute Gasteiger partial charge is 0.437 e. The Balaban J connectivity index is 1.48. The summed E-state index contributed by atoms with van der Waals surface area (Å²) in [7, 11) is 0. The van der Waals surface area contributed by atoms with Crippen molar-refractivity contribution in [2.24, 2.45) is 0 Å². The SMILES string of the molecule is C=CC(=O)Nc1cccc(Oc2cnc3[nH]cc(-c4ccc5ncccc5c4)c3n2)c1. The van der Waals surface area contributed by atoms with Crippen molar-refractivity contribution >= 4 is 33.7 Å². The number of hydrogen-bond acceptors (Lipinski definition) is 5. The van der Waals surface area contributed by atoms with Crippen LogP contribution in [0.25, 0.3) is 33.2 Å². The lowest BCUT2D eigenvalue weighted by Gasteiger charge is -2.08. The van der Waals surface area contributed by atoms with Crippen molar-refractivity contribution < 1.29 is 9.53 Å². The number of H-pyrrole nitrogens is 1. The molecule has 0 atom stereocenters. The zero-order chi connectivity index (χ0) is 21.2. The van der Waals surface area contributed by atoms with E-state index in [2.05, 4.69) is 37.9 Å². The number of rotatable bonds is 5. The van der Waals surface area contributed by atoms with Crippen LogP contribution in [0.1, 0.15) is 0 Å². The van der Waals surface area contributed by atoms with Crippen molar-refractivity contribution in [3.8, 4) is 22.8 Å². The number of carbonyl (C=O) groups is 1. The molecule has 0 aliphatic carbocycles. The number of amides is 1. The molecule has 1 amide bonds. The van der Waals surface area contributed by atoms with Crippen LogP contribution in [0.15, 0.2) is 85.8 Å². The summed E-state index contributed by atoms with van der Waals surface area (Å²) in [5.41, 5.74) is 4.84. The topological polar surface area (TPSA) is 92.8 Å². The van der Waals surface area contributed by atoms with Gasteiger partial charge in [-0.3, -0.25) is 9.78 Å². The third kappa shape index (κ3) is 3.72. The molecular weight excluding hydrogens is 390 g/mol. The van der Waals surface area contributed by atoms with Crippen LogP contribution in [0.5, 0.6) is 11.6 Å². The van der Waals surface area contributed by atoms with Gasteiger partial charge in [0.2, 0.25) is 11.8 Å². The summed E-state index contributed by atoms with van der Waals surface area (Å²) in [5.74, 6) is 0.591. The maximum atomic E-state index is 11.5. The van der Waals surface area contributed by atoms with E-state index in [-0.39, 0.29) is 5.91 Å². The number of pyridine rings is 1. The molecule has 7 nitrogen and oxygen atoms in total. The third-order valence-corrected chi connectivity index (χ3v) is 4.78. The minimum Gasteiger partial charge on any atom is -0.437 e. The molecule has 3 heterocycles. The van der Waals surface area contributed by atoms with Gasteiger partial charge >= 0.3 is 0 Å². The van der Waals surface area contributed by atoms with Gasteiger partial charge in [-0.2, -0.15) is 0 Å². The van der Waals surface area contributed by atoms with Crippen molar-refractivity contribution in [1.29, 1.82) is 0 Å². The van der Waals surface area contributed by atoms with E-state index in [4.69, 9.17) is 4.74 Å². The highest BCUT2D eigenvalue weighted by atomic mass is 16.5. The van der Waals surface area contributed by atoms with E-state index < -0.39 is 0 Å². The van der Waals surface area contributed by atoms with Gasteiger partial charge in [0.1, 0.15) is 11.3 Å². The van der Waals surface area contributed by atoms with Crippen molar-refractivity contribution in [2.75, 3.05) is 5.32 Å². The van der Waals surface area contributed by atoms with Crippen molar-refractivity contribution in [2.45, 2.75) is 0 Å². The van der Waals surface area contributed by atoms with Gasteiger partial charge in [-0.15, -0.1) is 0 Å². The first kappa shape index (κ1) is 18.5. The zero-order valence-electron chi connectivity index (χ0n) is 16.4. The van der Waals surface area contributed by atoms with Crippen LogP contribution in [0.2, 0.25) is 0 Å². The van der Waals surface area contributed by atoms with E-state index in [1.54, 1.807) is 36.7 Å². The summed E-state index contributed by atoms with van der Waals surface area (Å²) in [6.07, 6.45) is 6.43. The molecule has 7 heteroatoms. The van der Waals surface area contributed by atoms with E-state index in [0.29, 0.717) is 28.5 Å². The molecule has 0 saturated heterocycles. The van der Waals surface area contributed by atoms with Crippen molar-refractivity contribution in [1.82, 2.24) is 19.9 Å². The Kier molecular flexibility index (Phi) is 4.61. The molecule has 0 bridgehead atoms. The molecule has 0 spiro atoms. The second-order valence-corrected chi connectivity index (χ2v) is 6.84. The molecule has 2 aromatic carbocycles. The minimum absolute atomic E-state index is 0.291. The van der Waals surface area contributed by atoms with Gasteiger partial charge in [0.05, 0.1) is 11.7 Å². The normalized spacial score (nSPS) is 10.8. The number of anilines is 1. The first-order chi connectivity index (χ1) is 15.2. The van der Waals surface area contributed by atoms with Crippen LogP contribution >= 0.6 is 0 Å². The first-order valence-electron chi connectivity index (χ1n) is 9.60. The van der Waals surface area contributed by atoms with E-state index in [0.717, 1.165) is 22.0 Å². The van der Waals surface area contributed by atoms with Crippen LogP contribution in [-0.4, -0.2) is 25.8 Å². The molecule has 2 N–H and O–H groups in total. The summed E-state index contributed by atoms with van der Waals surface area (Å²) >= 11 is 0. The average Bonchev–Trinajstić information content (AvgIpc) is 3.22. The standard InChI is InChI=1S/C24H17N5O2/c1-2-21(30)28-17-6-3-7-18(12-17)31-22-14-27-24-23(29-22)19(13-26-24)15-8-9-20-16(11-15)5-4-10-25-20/h2-14H,1H2,(H,26,27)(H,28,30). The molecule has 150 valence electrons. The van der Waals surface area contributed by atoms with Crippen LogP contribution < -0.4 is 10.1 Å². The quantitative estimate of drug-likeness (QED) is 0.396. The number of aromatic amines is 1. The fraction of sp³-hybridized carbons (Fsp3) is 0. The van der Waals surface area contributed by atoms with Gasteiger partial charge in [0, 0.05) is 35.1 Å².